The van der Waals surface area contributed by atoms with Crippen molar-refractivity contribution < 1.29 is 19.2 Å². The summed E-state index contributed by atoms with van der Waals surface area (Å²) in [7, 11) is 6.81. The molecule has 4 saturated carbocycles. The molecule has 0 atom stereocenters. The molecule has 0 aliphatic heterocycles. The molecule has 4 fully saturated rings. The van der Waals surface area contributed by atoms with Gasteiger partial charge in [0.25, 0.3) is 0 Å². The number of amides is 4. The van der Waals surface area contributed by atoms with Crippen molar-refractivity contribution in [2.75, 3.05) is 28.2 Å². The molecule has 4 aliphatic rings. The predicted octanol–water partition coefficient (Wildman–Crippen LogP) is 4.24. The molecule has 0 unspecified atom stereocenters. The fourth-order valence-electron chi connectivity index (χ4n) is 4.23. The van der Waals surface area contributed by atoms with Crippen molar-refractivity contribution >= 4 is 92.5 Å². The van der Waals surface area contributed by atoms with Gasteiger partial charge in [0.15, 0.2) is 0 Å². The van der Waals surface area contributed by atoms with Gasteiger partial charge in [0.05, 0.1) is 9.98 Å². The highest BCUT2D eigenvalue weighted by atomic mass is 32.1. The second-order valence-electron chi connectivity index (χ2n) is 12.7. The summed E-state index contributed by atoms with van der Waals surface area (Å²) in [5.41, 5.74) is 10.5. The molecule has 0 aromatic rings. The molecule has 4 rings (SSSR count). The topological polar surface area (TPSA) is 129 Å². The highest BCUT2D eigenvalue weighted by Crippen LogP contribution is 2.47. The molecule has 47 heavy (non-hydrogen) atoms. The van der Waals surface area contributed by atoms with E-state index in [0.29, 0.717) is 21.8 Å². The maximum atomic E-state index is 12.0. The fraction of sp³-hybridized carbons (Fsp3) is 0.742. The zero-order valence-corrected chi connectivity index (χ0v) is 29.5. The Morgan fingerprint density at radius 3 is 0.979 bits per heavy atom. The van der Waals surface area contributed by atoms with Crippen LogP contribution in [-0.4, -0.2) is 91.8 Å². The van der Waals surface area contributed by atoms with Gasteiger partial charge >= 0.3 is 0 Å². The maximum Gasteiger partial charge on any atom is 0.248 e. The van der Waals surface area contributed by atoms with Crippen LogP contribution in [0.3, 0.4) is 0 Å². The van der Waals surface area contributed by atoms with E-state index in [2.05, 4.69) is 35.6 Å². The number of nitrogens with zero attached hydrogens (tertiary/aromatic N) is 4. The summed E-state index contributed by atoms with van der Waals surface area (Å²) < 4.78 is 0. The van der Waals surface area contributed by atoms with E-state index in [0.717, 1.165) is 61.3 Å². The maximum absolute atomic E-state index is 12.0. The minimum Gasteiger partial charge on any atom is -0.282 e. The molecule has 0 aromatic heterocycles. The highest BCUT2D eigenvalue weighted by Gasteiger charge is 2.44. The Morgan fingerprint density at radius 2 is 0.766 bits per heavy atom. The first-order valence-electron chi connectivity index (χ1n) is 14.7. The summed E-state index contributed by atoms with van der Waals surface area (Å²) in [6.07, 6.45) is 7.91. The Kier molecular flexibility index (Phi) is 17.3. The van der Waals surface area contributed by atoms with E-state index in [4.69, 9.17) is 48.9 Å². The lowest BCUT2D eigenvalue weighted by atomic mass is 10.1. The van der Waals surface area contributed by atoms with Crippen molar-refractivity contribution in [1.82, 2.24) is 41.7 Å². The molecule has 12 nitrogen and oxygen atoms in total. The molecule has 4 N–H and O–H groups in total. The molecule has 4 amide bonds. The first kappa shape index (κ1) is 44.4. The zero-order valence-electron chi connectivity index (χ0n) is 26.3. The summed E-state index contributed by atoms with van der Waals surface area (Å²) in [5, 5.41) is 6.14. The summed E-state index contributed by atoms with van der Waals surface area (Å²) in [6.45, 7) is 4.14. The van der Waals surface area contributed by atoms with E-state index in [9.17, 15) is 19.2 Å². The highest BCUT2D eigenvalue weighted by molar-refractivity contribution is 7.81. The van der Waals surface area contributed by atoms with Crippen LogP contribution in [-0.2, 0) is 19.2 Å². The van der Waals surface area contributed by atoms with E-state index in [1.54, 1.807) is 28.2 Å². The van der Waals surface area contributed by atoms with E-state index >= 15 is 0 Å². The summed E-state index contributed by atoms with van der Waals surface area (Å²) in [6, 6.07) is 0. The number of hydrazine groups is 4. The summed E-state index contributed by atoms with van der Waals surface area (Å²) in [5.74, 6) is -0.781. The van der Waals surface area contributed by atoms with Gasteiger partial charge in [-0.15, -0.1) is 0 Å². The number of hydrogen-bond acceptors (Lipinski definition) is 8. The van der Waals surface area contributed by atoms with Crippen LogP contribution in [0.15, 0.2) is 0 Å². The molecule has 0 heterocycles. The molecule has 0 radical (unpaired) electrons. The van der Waals surface area contributed by atoms with E-state index in [-0.39, 0.29) is 57.8 Å². The molecule has 0 aromatic carbocycles. The Hall–Kier alpha value is -2.56. The van der Waals surface area contributed by atoms with E-state index < -0.39 is 11.8 Å². The molecular weight excluding hydrogens is 677 g/mol. The van der Waals surface area contributed by atoms with Gasteiger partial charge < -0.3 is 0 Å². The SMILES string of the molecule is C.C.C.CN(NC(=O)CC(=O)NN(C)C(=S)C1(C)CC1)C(=S)C1(C)CC1.CN(NC(=O)CC(=O)NN(C)C(=S)C1CC1)C(=S)C1CC1. The first-order valence-corrected chi connectivity index (χ1v) is 16.4. The van der Waals surface area contributed by atoms with Crippen molar-refractivity contribution in [3.05, 3.63) is 0 Å². The van der Waals surface area contributed by atoms with Gasteiger partial charge in [0.1, 0.15) is 22.8 Å². The van der Waals surface area contributed by atoms with Crippen LogP contribution in [0.4, 0.5) is 0 Å². The van der Waals surface area contributed by atoms with Crippen molar-refractivity contribution in [3.63, 3.8) is 0 Å². The van der Waals surface area contributed by atoms with Crippen molar-refractivity contribution in [3.8, 4) is 0 Å². The number of rotatable bonds is 8. The Morgan fingerprint density at radius 1 is 0.532 bits per heavy atom. The normalized spacial score (nSPS) is 17.0. The molecule has 16 heteroatoms. The lowest BCUT2D eigenvalue weighted by Crippen LogP contribution is -2.49. The van der Waals surface area contributed by atoms with Gasteiger partial charge in [-0.3, -0.25) is 60.9 Å². The lowest BCUT2D eigenvalue weighted by Gasteiger charge is -2.26. The van der Waals surface area contributed by atoms with Crippen molar-refractivity contribution in [2.24, 2.45) is 22.7 Å². The second-order valence-corrected chi connectivity index (χ2v) is 14.3. The van der Waals surface area contributed by atoms with Gasteiger partial charge in [-0.2, -0.15) is 0 Å². The number of hydrogen-bond donors (Lipinski definition) is 4. The third-order valence-corrected chi connectivity index (χ3v) is 10.7. The summed E-state index contributed by atoms with van der Waals surface area (Å²) in [4.78, 5) is 50.3. The Labute approximate surface area is 303 Å². The lowest BCUT2D eigenvalue weighted by molar-refractivity contribution is -0.134. The van der Waals surface area contributed by atoms with Crippen LogP contribution in [0, 0.1) is 22.7 Å². The molecule has 0 spiro atoms. The van der Waals surface area contributed by atoms with Gasteiger partial charge in [-0.1, -0.05) is 85.0 Å². The second kappa shape index (κ2) is 18.3. The number of carbonyl (C=O) groups is 4. The third-order valence-electron chi connectivity index (χ3n) is 7.97. The van der Waals surface area contributed by atoms with Crippen LogP contribution < -0.4 is 21.7 Å². The molecular formula is C31H56N8O4S4. The van der Waals surface area contributed by atoms with Gasteiger partial charge in [-0.25, -0.2) is 0 Å². The molecule has 0 bridgehead atoms. The van der Waals surface area contributed by atoms with E-state index in [1.807, 2.05) is 0 Å². The van der Waals surface area contributed by atoms with Gasteiger partial charge in [0.2, 0.25) is 23.6 Å². The predicted molar refractivity (Wildman–Crippen MR) is 204 cm³/mol. The minimum atomic E-state index is -0.395. The molecule has 4 aliphatic carbocycles. The number of thiocarbonyl (C=S) groups is 4. The van der Waals surface area contributed by atoms with Gasteiger partial charge in [-0.05, 0) is 51.4 Å². The third kappa shape index (κ3) is 13.8. The van der Waals surface area contributed by atoms with Crippen LogP contribution in [0.2, 0.25) is 0 Å². The van der Waals surface area contributed by atoms with Gasteiger partial charge in [0, 0.05) is 50.9 Å². The van der Waals surface area contributed by atoms with E-state index in [1.165, 1.54) is 20.0 Å². The van der Waals surface area contributed by atoms with Crippen LogP contribution in [0.5, 0.6) is 0 Å². The standard InChI is InChI=1S/C15H24N4O2S2.C13H20N4O2S2.3CH4/c1-14(5-6-14)12(22)18(3)16-10(20)9-11(21)17-19(4)13(23)15(2)7-8-15;1-16(12(20)8-3-4-8)14-10(18)7-11(19)15-17(2)13(21)9-5-6-9;;;/h5-9H2,1-4H3,(H,16,20)(H,17,21);8-9H,3-7H2,1-2H3,(H,14,18)(H,15,19);3*1H4. The Bertz CT molecular complexity index is 1130. The van der Waals surface area contributed by atoms with Crippen molar-refractivity contribution in [1.29, 1.82) is 0 Å². The molecule has 0 saturated heterocycles. The smallest absolute Gasteiger partial charge is 0.248 e. The van der Waals surface area contributed by atoms with Crippen molar-refractivity contribution in [2.45, 2.75) is 100 Å². The Balaban J connectivity index is 0.000000849. The minimum absolute atomic E-state index is 0. The van der Waals surface area contributed by atoms with Crippen LogP contribution >= 0.6 is 48.9 Å². The van der Waals surface area contributed by atoms with Crippen LogP contribution in [0.25, 0.3) is 0 Å². The summed E-state index contributed by atoms with van der Waals surface area (Å²) >= 11 is 21.1. The number of carbonyl (C=O) groups excluding carboxylic acids is 4. The largest absolute Gasteiger partial charge is 0.282 e. The first-order chi connectivity index (χ1) is 20.5. The zero-order chi connectivity index (χ0) is 33.0. The average molecular weight is 733 g/mol. The number of nitrogens with one attached hydrogen (secondary N) is 4. The monoisotopic (exact) mass is 732 g/mol. The molecule has 268 valence electrons. The average Bonchev–Trinajstić information content (AvgIpc) is 3.76. The fourth-order valence-corrected chi connectivity index (χ4v) is 5.29. The van der Waals surface area contributed by atoms with Crippen LogP contribution in [0.1, 0.15) is 100 Å². The quantitative estimate of drug-likeness (QED) is 0.162.